The number of aromatic nitrogens is 3. The monoisotopic (exact) mass is 339 g/mol. The van der Waals surface area contributed by atoms with E-state index in [0.29, 0.717) is 6.42 Å². The van der Waals surface area contributed by atoms with Crippen molar-refractivity contribution in [3.63, 3.8) is 0 Å². The molecule has 132 valence electrons. The van der Waals surface area contributed by atoms with Crippen LogP contribution in [0.5, 0.6) is 0 Å². The Balaban J connectivity index is 1.66. The van der Waals surface area contributed by atoms with Crippen molar-refractivity contribution in [2.45, 2.75) is 38.3 Å². The Labute approximate surface area is 148 Å². The molecule has 0 spiro atoms. The first kappa shape index (κ1) is 17.5. The number of rotatable bonds is 6. The molecule has 0 aromatic carbocycles. The molecule has 1 saturated heterocycles. The predicted molar refractivity (Wildman–Crippen MR) is 95.7 cm³/mol. The minimum atomic E-state index is 0.0519. The van der Waals surface area contributed by atoms with Gasteiger partial charge in [0.05, 0.1) is 23.6 Å². The van der Waals surface area contributed by atoms with Gasteiger partial charge in [-0.1, -0.05) is 6.07 Å². The third kappa shape index (κ3) is 4.60. The maximum atomic E-state index is 12.7. The van der Waals surface area contributed by atoms with E-state index in [0.717, 1.165) is 49.3 Å². The van der Waals surface area contributed by atoms with Crippen molar-refractivity contribution in [1.29, 1.82) is 0 Å². The van der Waals surface area contributed by atoms with E-state index >= 15 is 0 Å². The van der Waals surface area contributed by atoms with E-state index in [1.807, 2.05) is 37.3 Å². The first-order chi connectivity index (χ1) is 12.1. The molecular formula is C19H25N5O. The van der Waals surface area contributed by atoms with Gasteiger partial charge in [0, 0.05) is 38.1 Å². The number of amides is 1. The van der Waals surface area contributed by atoms with Gasteiger partial charge >= 0.3 is 0 Å². The van der Waals surface area contributed by atoms with Gasteiger partial charge in [0.15, 0.2) is 0 Å². The third-order valence-corrected chi connectivity index (χ3v) is 4.45. The van der Waals surface area contributed by atoms with E-state index in [-0.39, 0.29) is 11.9 Å². The molecular weight excluding hydrogens is 314 g/mol. The van der Waals surface area contributed by atoms with Gasteiger partial charge in [-0.25, -0.2) is 0 Å². The molecule has 0 aliphatic carbocycles. The summed E-state index contributed by atoms with van der Waals surface area (Å²) in [5.74, 6) is 0.186. The highest BCUT2D eigenvalue weighted by Crippen LogP contribution is 2.31. The van der Waals surface area contributed by atoms with E-state index in [1.54, 1.807) is 18.6 Å². The van der Waals surface area contributed by atoms with Crippen molar-refractivity contribution in [2.24, 2.45) is 0 Å². The third-order valence-electron chi connectivity index (χ3n) is 4.45. The maximum Gasteiger partial charge on any atom is 0.223 e. The molecule has 1 aliphatic heterocycles. The molecule has 0 radical (unpaired) electrons. The lowest BCUT2D eigenvalue weighted by molar-refractivity contribution is -0.132. The van der Waals surface area contributed by atoms with Gasteiger partial charge in [-0.2, -0.15) is 0 Å². The van der Waals surface area contributed by atoms with Crippen LogP contribution in [-0.4, -0.2) is 51.3 Å². The summed E-state index contributed by atoms with van der Waals surface area (Å²) in [5, 5.41) is 0. The molecule has 6 heteroatoms. The van der Waals surface area contributed by atoms with Crippen molar-refractivity contribution in [2.75, 3.05) is 20.6 Å². The van der Waals surface area contributed by atoms with Crippen LogP contribution in [0, 0.1) is 0 Å². The number of likely N-dealkylation sites (tertiary alicyclic amines) is 1. The summed E-state index contributed by atoms with van der Waals surface area (Å²) >= 11 is 0. The molecule has 0 N–H and O–H groups in total. The Bertz CT molecular complexity index is 704. The van der Waals surface area contributed by atoms with Crippen LogP contribution in [0.4, 0.5) is 0 Å². The van der Waals surface area contributed by atoms with Crippen molar-refractivity contribution in [3.05, 3.63) is 53.9 Å². The molecule has 0 unspecified atom stereocenters. The first-order valence-electron chi connectivity index (χ1n) is 8.77. The van der Waals surface area contributed by atoms with E-state index in [9.17, 15) is 4.79 Å². The average molecular weight is 339 g/mol. The fourth-order valence-corrected chi connectivity index (χ4v) is 3.30. The SMILES string of the molecule is CN(C)Cc1cncc([C@H]2CCCN2C(=O)CCc2cccnc2)n1. The standard InChI is InChI=1S/C19H25N5O/c1-23(2)14-16-12-21-13-17(22-16)18-6-4-10-24(18)19(25)8-7-15-5-3-9-20-11-15/h3,5,9,11-13,18H,4,6-8,10,14H2,1-2H3/t18-/m1/s1. The lowest BCUT2D eigenvalue weighted by atomic mass is 10.1. The summed E-state index contributed by atoms with van der Waals surface area (Å²) in [7, 11) is 4.02. The second-order valence-corrected chi connectivity index (χ2v) is 6.78. The molecule has 25 heavy (non-hydrogen) atoms. The highest BCUT2D eigenvalue weighted by atomic mass is 16.2. The topological polar surface area (TPSA) is 62.2 Å². The average Bonchev–Trinajstić information content (AvgIpc) is 3.10. The number of hydrogen-bond donors (Lipinski definition) is 0. The fraction of sp³-hybridized carbons (Fsp3) is 0.474. The summed E-state index contributed by atoms with van der Waals surface area (Å²) in [6, 6.07) is 3.97. The number of carbonyl (C=O) groups excluding carboxylic acids is 1. The molecule has 0 bridgehead atoms. The molecule has 1 aliphatic rings. The molecule has 0 saturated carbocycles. The van der Waals surface area contributed by atoms with Crippen LogP contribution >= 0.6 is 0 Å². The minimum Gasteiger partial charge on any atom is -0.334 e. The van der Waals surface area contributed by atoms with Crippen LogP contribution in [0.15, 0.2) is 36.9 Å². The smallest absolute Gasteiger partial charge is 0.223 e. The molecule has 2 aromatic rings. The molecule has 6 nitrogen and oxygen atoms in total. The van der Waals surface area contributed by atoms with Crippen LogP contribution < -0.4 is 0 Å². The number of hydrogen-bond acceptors (Lipinski definition) is 5. The van der Waals surface area contributed by atoms with Gasteiger partial charge in [-0.15, -0.1) is 0 Å². The zero-order valence-electron chi connectivity index (χ0n) is 14.9. The Morgan fingerprint density at radius 2 is 2.16 bits per heavy atom. The number of aryl methyl sites for hydroxylation is 1. The van der Waals surface area contributed by atoms with Crippen molar-refractivity contribution < 1.29 is 4.79 Å². The minimum absolute atomic E-state index is 0.0519. The van der Waals surface area contributed by atoms with E-state index in [4.69, 9.17) is 4.98 Å². The van der Waals surface area contributed by atoms with Crippen LogP contribution in [0.25, 0.3) is 0 Å². The van der Waals surface area contributed by atoms with E-state index in [1.165, 1.54) is 0 Å². The molecule has 3 rings (SSSR count). The summed E-state index contributed by atoms with van der Waals surface area (Å²) in [5.41, 5.74) is 2.95. The van der Waals surface area contributed by atoms with E-state index < -0.39 is 0 Å². The van der Waals surface area contributed by atoms with Crippen LogP contribution in [-0.2, 0) is 17.8 Å². The number of pyridine rings is 1. The van der Waals surface area contributed by atoms with Crippen molar-refractivity contribution in [1.82, 2.24) is 24.8 Å². The summed E-state index contributed by atoms with van der Waals surface area (Å²) < 4.78 is 0. The van der Waals surface area contributed by atoms with Crippen LogP contribution in [0.2, 0.25) is 0 Å². The molecule has 1 atom stereocenters. The first-order valence-corrected chi connectivity index (χ1v) is 8.77. The van der Waals surface area contributed by atoms with Gasteiger partial charge in [0.25, 0.3) is 0 Å². The van der Waals surface area contributed by atoms with Gasteiger partial charge in [0.2, 0.25) is 5.91 Å². The predicted octanol–water partition coefficient (Wildman–Crippen LogP) is 2.23. The Kier molecular flexibility index (Phi) is 5.71. The second kappa shape index (κ2) is 8.16. The van der Waals surface area contributed by atoms with Gasteiger partial charge in [-0.05, 0) is 45.0 Å². The lowest BCUT2D eigenvalue weighted by Gasteiger charge is -2.24. The summed E-state index contributed by atoms with van der Waals surface area (Å²) in [6.07, 6.45) is 10.4. The quantitative estimate of drug-likeness (QED) is 0.808. The number of nitrogens with zero attached hydrogens (tertiary/aromatic N) is 5. The van der Waals surface area contributed by atoms with E-state index in [2.05, 4.69) is 14.9 Å². The normalized spacial score (nSPS) is 17.2. The molecule has 3 heterocycles. The maximum absolute atomic E-state index is 12.7. The zero-order valence-corrected chi connectivity index (χ0v) is 14.9. The Morgan fingerprint density at radius 3 is 2.92 bits per heavy atom. The highest BCUT2D eigenvalue weighted by molar-refractivity contribution is 5.77. The molecule has 1 fully saturated rings. The van der Waals surface area contributed by atoms with Crippen molar-refractivity contribution >= 4 is 5.91 Å². The van der Waals surface area contributed by atoms with Crippen LogP contribution in [0.3, 0.4) is 0 Å². The lowest BCUT2D eigenvalue weighted by Crippen LogP contribution is -2.31. The molecule has 1 amide bonds. The fourth-order valence-electron chi connectivity index (χ4n) is 3.30. The van der Waals surface area contributed by atoms with Crippen molar-refractivity contribution in [3.8, 4) is 0 Å². The summed E-state index contributed by atoms with van der Waals surface area (Å²) in [4.78, 5) is 29.9. The molecule has 2 aromatic heterocycles. The Morgan fingerprint density at radius 1 is 1.28 bits per heavy atom. The van der Waals surface area contributed by atoms with Gasteiger partial charge < -0.3 is 9.80 Å². The zero-order chi connectivity index (χ0) is 17.6. The second-order valence-electron chi connectivity index (χ2n) is 6.78. The van der Waals surface area contributed by atoms with Gasteiger partial charge in [0.1, 0.15) is 0 Å². The van der Waals surface area contributed by atoms with Crippen LogP contribution in [0.1, 0.15) is 42.3 Å². The highest BCUT2D eigenvalue weighted by Gasteiger charge is 2.30. The number of carbonyl (C=O) groups is 1. The largest absolute Gasteiger partial charge is 0.334 e. The van der Waals surface area contributed by atoms with Gasteiger partial charge in [-0.3, -0.25) is 19.7 Å². The summed E-state index contributed by atoms with van der Waals surface area (Å²) in [6.45, 7) is 1.55. The Hall–Kier alpha value is -2.34.